The van der Waals surface area contributed by atoms with E-state index in [2.05, 4.69) is 10.9 Å². The lowest BCUT2D eigenvalue weighted by atomic mass is 10.1. The van der Waals surface area contributed by atoms with Gasteiger partial charge in [-0.05, 0) is 69.2 Å². The fourth-order valence-corrected chi connectivity index (χ4v) is 3.51. The van der Waals surface area contributed by atoms with Gasteiger partial charge in [0.2, 0.25) is 11.8 Å². The van der Waals surface area contributed by atoms with Gasteiger partial charge in [0.15, 0.2) is 6.10 Å². The molecule has 1 heterocycles. The average molecular weight is 440 g/mol. The summed E-state index contributed by atoms with van der Waals surface area (Å²) in [5.74, 6) is -0.351. The number of nitrogens with one attached hydrogen (secondary N) is 2. The van der Waals surface area contributed by atoms with E-state index in [-0.39, 0.29) is 18.9 Å². The molecule has 170 valence electrons. The van der Waals surface area contributed by atoms with Crippen LogP contribution in [0.2, 0.25) is 0 Å². The smallest absolute Gasteiger partial charge is 0.279 e. The van der Waals surface area contributed by atoms with Crippen molar-refractivity contribution in [3.05, 3.63) is 53.6 Å². The number of aryl methyl sites for hydroxylation is 1. The summed E-state index contributed by atoms with van der Waals surface area (Å²) in [6.07, 6.45) is -0.738. The van der Waals surface area contributed by atoms with Gasteiger partial charge in [-0.1, -0.05) is 12.1 Å². The highest BCUT2D eigenvalue weighted by atomic mass is 16.5. The Balaban J connectivity index is 1.51. The zero-order chi connectivity index (χ0) is 23.3. The SMILES string of the molecule is CCOc1ccc(OC(C)C(=O)NNC(=O)C2CC(=O)N(c3cccc(C)c3C)C2)cc1. The van der Waals surface area contributed by atoms with Gasteiger partial charge in [0.25, 0.3) is 5.91 Å². The van der Waals surface area contributed by atoms with Crippen LogP contribution in [0.5, 0.6) is 11.5 Å². The molecule has 8 heteroatoms. The highest BCUT2D eigenvalue weighted by Gasteiger charge is 2.36. The molecule has 2 N–H and O–H groups in total. The fraction of sp³-hybridized carbons (Fsp3) is 0.375. The molecule has 2 atom stereocenters. The topological polar surface area (TPSA) is 97.0 Å². The number of hydrogen-bond acceptors (Lipinski definition) is 5. The lowest BCUT2D eigenvalue weighted by molar-refractivity contribution is -0.134. The monoisotopic (exact) mass is 439 g/mol. The van der Waals surface area contributed by atoms with Gasteiger partial charge in [0.1, 0.15) is 11.5 Å². The zero-order valence-corrected chi connectivity index (χ0v) is 18.8. The molecule has 2 unspecified atom stereocenters. The summed E-state index contributed by atoms with van der Waals surface area (Å²) in [5.41, 5.74) is 7.70. The number of ether oxygens (including phenoxy) is 2. The number of hydrogen-bond donors (Lipinski definition) is 2. The van der Waals surface area contributed by atoms with Crippen LogP contribution in [0.15, 0.2) is 42.5 Å². The van der Waals surface area contributed by atoms with Crippen molar-refractivity contribution in [3.63, 3.8) is 0 Å². The second-order valence-corrected chi connectivity index (χ2v) is 7.77. The number of amides is 3. The number of hydrazine groups is 1. The zero-order valence-electron chi connectivity index (χ0n) is 18.8. The number of carbonyl (C=O) groups excluding carboxylic acids is 3. The van der Waals surface area contributed by atoms with Crippen LogP contribution in [-0.4, -0.2) is 37.0 Å². The Kier molecular flexibility index (Phi) is 7.35. The Bertz CT molecular complexity index is 990. The molecule has 0 saturated carbocycles. The van der Waals surface area contributed by atoms with Crippen LogP contribution >= 0.6 is 0 Å². The van der Waals surface area contributed by atoms with Crippen LogP contribution in [0.4, 0.5) is 5.69 Å². The molecule has 3 amide bonds. The molecule has 0 aromatic heterocycles. The molecule has 32 heavy (non-hydrogen) atoms. The molecule has 2 aromatic rings. The van der Waals surface area contributed by atoms with Crippen molar-refractivity contribution >= 4 is 23.4 Å². The van der Waals surface area contributed by atoms with Crippen molar-refractivity contribution in [2.24, 2.45) is 5.92 Å². The molecule has 3 rings (SSSR count). The molecular weight excluding hydrogens is 410 g/mol. The van der Waals surface area contributed by atoms with Gasteiger partial charge in [-0.2, -0.15) is 0 Å². The van der Waals surface area contributed by atoms with E-state index in [4.69, 9.17) is 9.47 Å². The number of anilines is 1. The average Bonchev–Trinajstić information content (AvgIpc) is 3.16. The first kappa shape index (κ1) is 23.1. The van der Waals surface area contributed by atoms with E-state index < -0.39 is 23.8 Å². The normalized spacial score (nSPS) is 16.4. The molecule has 8 nitrogen and oxygen atoms in total. The maximum Gasteiger partial charge on any atom is 0.279 e. The standard InChI is InChI=1S/C24H29N3O5/c1-5-31-19-9-11-20(12-10-19)32-17(4)23(29)25-26-24(30)18-13-22(28)27(14-18)21-8-6-7-15(2)16(21)3/h6-12,17-18H,5,13-14H2,1-4H3,(H,25,29)(H,26,30). The largest absolute Gasteiger partial charge is 0.494 e. The minimum atomic E-state index is -0.829. The van der Waals surface area contributed by atoms with Crippen molar-refractivity contribution in [2.75, 3.05) is 18.1 Å². The van der Waals surface area contributed by atoms with E-state index in [0.717, 1.165) is 16.8 Å². The van der Waals surface area contributed by atoms with Crippen LogP contribution in [0.3, 0.4) is 0 Å². The Labute approximate surface area is 187 Å². The highest BCUT2D eigenvalue weighted by molar-refractivity contribution is 6.01. The first-order valence-electron chi connectivity index (χ1n) is 10.7. The molecular formula is C24H29N3O5. The van der Waals surface area contributed by atoms with Crippen molar-refractivity contribution in [2.45, 2.75) is 40.2 Å². The number of nitrogens with zero attached hydrogens (tertiary/aromatic N) is 1. The summed E-state index contributed by atoms with van der Waals surface area (Å²) in [7, 11) is 0. The Morgan fingerprint density at radius 3 is 2.47 bits per heavy atom. The molecule has 1 aliphatic rings. The van der Waals surface area contributed by atoms with Crippen molar-refractivity contribution in [1.82, 2.24) is 10.9 Å². The summed E-state index contributed by atoms with van der Waals surface area (Å²) in [6.45, 7) is 8.25. The third kappa shape index (κ3) is 5.38. The van der Waals surface area contributed by atoms with Gasteiger partial charge in [0.05, 0.1) is 12.5 Å². The van der Waals surface area contributed by atoms with E-state index in [1.165, 1.54) is 0 Å². The number of benzene rings is 2. The van der Waals surface area contributed by atoms with Gasteiger partial charge in [0, 0.05) is 18.7 Å². The molecule has 0 bridgehead atoms. The number of rotatable bonds is 7. The second-order valence-electron chi connectivity index (χ2n) is 7.77. The van der Waals surface area contributed by atoms with Gasteiger partial charge in [-0.3, -0.25) is 25.2 Å². The van der Waals surface area contributed by atoms with E-state index in [0.29, 0.717) is 18.1 Å². The highest BCUT2D eigenvalue weighted by Crippen LogP contribution is 2.29. The van der Waals surface area contributed by atoms with E-state index in [1.54, 1.807) is 36.1 Å². The summed E-state index contributed by atoms with van der Waals surface area (Å²) in [4.78, 5) is 39.0. The Hall–Kier alpha value is -3.55. The quantitative estimate of drug-likeness (QED) is 0.647. The molecule has 1 fully saturated rings. The van der Waals surface area contributed by atoms with E-state index >= 15 is 0 Å². The third-order valence-electron chi connectivity index (χ3n) is 5.49. The maximum atomic E-state index is 12.5. The van der Waals surface area contributed by atoms with Crippen LogP contribution in [-0.2, 0) is 14.4 Å². The molecule has 0 spiro atoms. The van der Waals surface area contributed by atoms with Crippen LogP contribution in [0, 0.1) is 19.8 Å². The van der Waals surface area contributed by atoms with Crippen LogP contribution in [0.1, 0.15) is 31.4 Å². The van der Waals surface area contributed by atoms with Gasteiger partial charge < -0.3 is 14.4 Å². The summed E-state index contributed by atoms with van der Waals surface area (Å²) < 4.78 is 11.0. The minimum absolute atomic E-state index is 0.0906. The summed E-state index contributed by atoms with van der Waals surface area (Å²) in [6, 6.07) is 12.7. The lowest BCUT2D eigenvalue weighted by Crippen LogP contribution is -2.49. The molecule has 1 saturated heterocycles. The molecule has 0 aliphatic carbocycles. The molecule has 1 aliphatic heterocycles. The van der Waals surface area contributed by atoms with Crippen molar-refractivity contribution in [3.8, 4) is 11.5 Å². The third-order valence-corrected chi connectivity index (χ3v) is 5.49. The lowest BCUT2D eigenvalue weighted by Gasteiger charge is -2.20. The minimum Gasteiger partial charge on any atom is -0.494 e. The van der Waals surface area contributed by atoms with Gasteiger partial charge in [-0.15, -0.1) is 0 Å². The van der Waals surface area contributed by atoms with Crippen LogP contribution in [0.25, 0.3) is 0 Å². The first-order valence-corrected chi connectivity index (χ1v) is 10.7. The summed E-state index contributed by atoms with van der Waals surface area (Å²) in [5, 5.41) is 0. The van der Waals surface area contributed by atoms with E-state index in [9.17, 15) is 14.4 Å². The second kappa shape index (κ2) is 10.2. The van der Waals surface area contributed by atoms with Crippen molar-refractivity contribution < 1.29 is 23.9 Å². The molecule has 2 aromatic carbocycles. The summed E-state index contributed by atoms with van der Waals surface area (Å²) >= 11 is 0. The Morgan fingerprint density at radius 2 is 1.78 bits per heavy atom. The van der Waals surface area contributed by atoms with Gasteiger partial charge >= 0.3 is 0 Å². The first-order chi connectivity index (χ1) is 15.3. The molecule has 0 radical (unpaired) electrons. The van der Waals surface area contributed by atoms with Gasteiger partial charge in [-0.25, -0.2) is 0 Å². The predicted molar refractivity (Wildman–Crippen MR) is 120 cm³/mol. The Morgan fingerprint density at radius 1 is 1.09 bits per heavy atom. The number of carbonyl (C=O) groups is 3. The maximum absolute atomic E-state index is 12.5. The van der Waals surface area contributed by atoms with E-state index in [1.807, 2.05) is 39.0 Å². The predicted octanol–water partition coefficient (Wildman–Crippen LogP) is 2.67. The fourth-order valence-electron chi connectivity index (χ4n) is 3.51. The van der Waals surface area contributed by atoms with Crippen LogP contribution < -0.4 is 25.2 Å². The van der Waals surface area contributed by atoms with Crippen molar-refractivity contribution in [1.29, 1.82) is 0 Å².